The SMILES string of the molecule is OCCSCCCC(O)c1ccc(F)cc1. The average Bonchev–Trinajstić information content (AvgIpc) is 2.29. The molecule has 1 aromatic rings. The van der Waals surface area contributed by atoms with Gasteiger partial charge in [-0.1, -0.05) is 12.1 Å². The fourth-order valence-corrected chi connectivity index (χ4v) is 2.10. The molecule has 90 valence electrons. The first-order valence-corrected chi connectivity index (χ1v) is 6.51. The molecule has 0 aliphatic carbocycles. The van der Waals surface area contributed by atoms with E-state index in [0.717, 1.165) is 23.5 Å². The maximum absolute atomic E-state index is 12.6. The second-order valence-electron chi connectivity index (χ2n) is 3.55. The van der Waals surface area contributed by atoms with Gasteiger partial charge in [0.1, 0.15) is 5.82 Å². The summed E-state index contributed by atoms with van der Waals surface area (Å²) in [5.41, 5.74) is 0.758. The summed E-state index contributed by atoms with van der Waals surface area (Å²) in [6, 6.07) is 5.94. The van der Waals surface area contributed by atoms with Crippen molar-refractivity contribution in [2.24, 2.45) is 0 Å². The normalized spacial score (nSPS) is 12.7. The van der Waals surface area contributed by atoms with Gasteiger partial charge in [0.15, 0.2) is 0 Å². The van der Waals surface area contributed by atoms with Crippen molar-refractivity contribution in [3.05, 3.63) is 35.6 Å². The maximum atomic E-state index is 12.6. The molecular weight excluding hydrogens is 227 g/mol. The van der Waals surface area contributed by atoms with Crippen LogP contribution in [-0.4, -0.2) is 28.3 Å². The number of hydrogen-bond donors (Lipinski definition) is 2. The number of rotatable bonds is 7. The lowest BCUT2D eigenvalue weighted by atomic mass is 10.1. The molecule has 2 N–H and O–H groups in total. The van der Waals surface area contributed by atoms with E-state index in [2.05, 4.69) is 0 Å². The molecular formula is C12H17FO2S. The van der Waals surface area contributed by atoms with E-state index in [1.807, 2.05) is 0 Å². The Bertz CT molecular complexity index is 290. The van der Waals surface area contributed by atoms with Crippen LogP contribution in [0.3, 0.4) is 0 Å². The van der Waals surface area contributed by atoms with Crippen molar-refractivity contribution in [1.29, 1.82) is 0 Å². The Hall–Kier alpha value is -0.580. The van der Waals surface area contributed by atoms with Gasteiger partial charge in [-0.25, -0.2) is 4.39 Å². The molecule has 1 unspecified atom stereocenters. The largest absolute Gasteiger partial charge is 0.396 e. The Labute approximate surface area is 99.5 Å². The molecule has 4 heteroatoms. The van der Waals surface area contributed by atoms with Gasteiger partial charge in [0.2, 0.25) is 0 Å². The van der Waals surface area contributed by atoms with E-state index in [0.29, 0.717) is 6.42 Å². The van der Waals surface area contributed by atoms with Crippen LogP contribution in [-0.2, 0) is 0 Å². The summed E-state index contributed by atoms with van der Waals surface area (Å²) in [6.07, 6.45) is 1.04. The highest BCUT2D eigenvalue weighted by atomic mass is 32.2. The van der Waals surface area contributed by atoms with Crippen LogP contribution < -0.4 is 0 Å². The molecule has 0 saturated carbocycles. The molecule has 0 aliphatic rings. The second-order valence-corrected chi connectivity index (χ2v) is 4.77. The summed E-state index contributed by atoms with van der Waals surface area (Å²) in [6.45, 7) is 0.200. The molecule has 0 saturated heterocycles. The number of thioether (sulfide) groups is 1. The van der Waals surface area contributed by atoms with Crippen LogP contribution in [0.4, 0.5) is 4.39 Å². The molecule has 0 amide bonds. The molecule has 0 fully saturated rings. The van der Waals surface area contributed by atoms with Gasteiger partial charge in [0.25, 0.3) is 0 Å². The van der Waals surface area contributed by atoms with Crippen LogP contribution in [0.15, 0.2) is 24.3 Å². The van der Waals surface area contributed by atoms with Crippen LogP contribution in [0.25, 0.3) is 0 Å². The number of hydrogen-bond acceptors (Lipinski definition) is 3. The quantitative estimate of drug-likeness (QED) is 0.723. The summed E-state index contributed by atoms with van der Waals surface area (Å²) in [5.74, 6) is 1.39. The number of aliphatic hydroxyl groups excluding tert-OH is 2. The first-order valence-electron chi connectivity index (χ1n) is 5.36. The van der Waals surface area contributed by atoms with Crippen molar-refractivity contribution in [3.63, 3.8) is 0 Å². The molecule has 0 heterocycles. The van der Waals surface area contributed by atoms with Gasteiger partial charge in [-0.2, -0.15) is 11.8 Å². The van der Waals surface area contributed by atoms with Crippen molar-refractivity contribution in [2.75, 3.05) is 18.1 Å². The summed E-state index contributed by atoms with van der Waals surface area (Å²) >= 11 is 1.67. The fourth-order valence-electron chi connectivity index (χ4n) is 1.40. The van der Waals surface area contributed by atoms with Crippen LogP contribution in [0.5, 0.6) is 0 Å². The Morgan fingerprint density at radius 1 is 1.19 bits per heavy atom. The van der Waals surface area contributed by atoms with Crippen LogP contribution in [0.2, 0.25) is 0 Å². The van der Waals surface area contributed by atoms with Crippen LogP contribution in [0.1, 0.15) is 24.5 Å². The molecule has 0 spiro atoms. The average molecular weight is 244 g/mol. The van der Waals surface area contributed by atoms with E-state index in [9.17, 15) is 9.50 Å². The van der Waals surface area contributed by atoms with Gasteiger partial charge >= 0.3 is 0 Å². The Kier molecular flexibility index (Phi) is 6.45. The Morgan fingerprint density at radius 3 is 2.50 bits per heavy atom. The molecule has 0 radical (unpaired) electrons. The van der Waals surface area contributed by atoms with Crippen molar-refractivity contribution >= 4 is 11.8 Å². The van der Waals surface area contributed by atoms with Crippen molar-refractivity contribution in [2.45, 2.75) is 18.9 Å². The van der Waals surface area contributed by atoms with E-state index in [1.54, 1.807) is 23.9 Å². The number of halogens is 1. The van der Waals surface area contributed by atoms with Gasteiger partial charge < -0.3 is 10.2 Å². The molecule has 2 nitrogen and oxygen atoms in total. The maximum Gasteiger partial charge on any atom is 0.123 e. The zero-order valence-electron chi connectivity index (χ0n) is 9.10. The number of benzene rings is 1. The van der Waals surface area contributed by atoms with E-state index in [1.165, 1.54) is 12.1 Å². The van der Waals surface area contributed by atoms with E-state index in [-0.39, 0.29) is 12.4 Å². The topological polar surface area (TPSA) is 40.5 Å². The highest BCUT2D eigenvalue weighted by molar-refractivity contribution is 7.99. The minimum absolute atomic E-state index is 0.200. The third-order valence-corrected chi connectivity index (χ3v) is 3.31. The molecule has 16 heavy (non-hydrogen) atoms. The zero-order chi connectivity index (χ0) is 11.8. The summed E-state index contributed by atoms with van der Waals surface area (Å²) < 4.78 is 12.6. The van der Waals surface area contributed by atoms with Crippen LogP contribution >= 0.6 is 11.8 Å². The first kappa shape index (κ1) is 13.5. The lowest BCUT2D eigenvalue weighted by molar-refractivity contribution is 0.167. The molecule has 0 bridgehead atoms. The summed E-state index contributed by atoms with van der Waals surface area (Å²) in [5, 5.41) is 18.4. The summed E-state index contributed by atoms with van der Waals surface area (Å²) in [4.78, 5) is 0. The van der Waals surface area contributed by atoms with Gasteiger partial charge in [-0.05, 0) is 36.3 Å². The van der Waals surface area contributed by atoms with Crippen molar-refractivity contribution in [1.82, 2.24) is 0 Å². The Morgan fingerprint density at radius 2 is 1.88 bits per heavy atom. The van der Waals surface area contributed by atoms with E-state index < -0.39 is 6.10 Å². The molecule has 0 aromatic heterocycles. The molecule has 1 atom stereocenters. The minimum Gasteiger partial charge on any atom is -0.396 e. The van der Waals surface area contributed by atoms with Crippen molar-refractivity contribution in [3.8, 4) is 0 Å². The second kappa shape index (κ2) is 7.65. The predicted molar refractivity (Wildman–Crippen MR) is 65.0 cm³/mol. The van der Waals surface area contributed by atoms with Crippen molar-refractivity contribution < 1.29 is 14.6 Å². The third-order valence-electron chi connectivity index (χ3n) is 2.26. The highest BCUT2D eigenvalue weighted by Gasteiger charge is 2.06. The fraction of sp³-hybridized carbons (Fsp3) is 0.500. The predicted octanol–water partition coefficient (Wildman–Crippen LogP) is 2.36. The van der Waals surface area contributed by atoms with Crippen LogP contribution in [0, 0.1) is 5.82 Å². The standard InChI is InChI=1S/C12H17FO2S/c13-11-5-3-10(4-6-11)12(15)2-1-8-16-9-7-14/h3-6,12,14-15H,1-2,7-9H2. The first-order chi connectivity index (χ1) is 7.74. The number of aliphatic hydroxyl groups is 2. The summed E-state index contributed by atoms with van der Waals surface area (Å²) in [7, 11) is 0. The minimum atomic E-state index is -0.518. The highest BCUT2D eigenvalue weighted by Crippen LogP contribution is 2.19. The Balaban J connectivity index is 2.24. The lowest BCUT2D eigenvalue weighted by Crippen LogP contribution is -1.98. The van der Waals surface area contributed by atoms with Gasteiger partial charge in [0, 0.05) is 5.75 Å². The van der Waals surface area contributed by atoms with E-state index in [4.69, 9.17) is 5.11 Å². The van der Waals surface area contributed by atoms with Gasteiger partial charge in [0.05, 0.1) is 12.7 Å². The van der Waals surface area contributed by atoms with Gasteiger partial charge in [-0.15, -0.1) is 0 Å². The molecule has 0 aliphatic heterocycles. The third kappa shape index (κ3) is 4.96. The smallest absolute Gasteiger partial charge is 0.123 e. The zero-order valence-corrected chi connectivity index (χ0v) is 9.92. The van der Waals surface area contributed by atoms with E-state index >= 15 is 0 Å². The lowest BCUT2D eigenvalue weighted by Gasteiger charge is -2.10. The molecule has 1 aromatic carbocycles. The molecule has 1 rings (SSSR count). The van der Waals surface area contributed by atoms with Gasteiger partial charge in [-0.3, -0.25) is 0 Å². The monoisotopic (exact) mass is 244 g/mol.